The Hall–Kier alpha value is -2.95. The van der Waals surface area contributed by atoms with Crippen molar-refractivity contribution in [2.45, 2.75) is 30.4 Å². The SMILES string of the molecule is CCC(Sc1cccc(NC(=O)c2c(Cl)c(Cl)c(Cl)c(Cl)c2C(=O)O)c1)C(=O)Nc1cc(C(=O)O)ccc1C. The Balaban J connectivity index is 1.82. The number of halogens is 4. The van der Waals surface area contributed by atoms with E-state index in [1.807, 2.05) is 6.92 Å². The van der Waals surface area contributed by atoms with Crippen molar-refractivity contribution in [2.24, 2.45) is 0 Å². The zero-order valence-corrected chi connectivity index (χ0v) is 24.1. The molecular weight excluding hydrogens is 610 g/mol. The molecule has 0 saturated heterocycles. The van der Waals surface area contributed by atoms with Crippen LogP contribution in [0.3, 0.4) is 0 Å². The average molecular weight is 630 g/mol. The van der Waals surface area contributed by atoms with E-state index in [0.29, 0.717) is 28.3 Å². The monoisotopic (exact) mass is 628 g/mol. The van der Waals surface area contributed by atoms with E-state index in [1.165, 1.54) is 23.9 Å². The summed E-state index contributed by atoms with van der Waals surface area (Å²) in [5.41, 5.74) is 0.399. The maximum Gasteiger partial charge on any atom is 0.338 e. The smallest absolute Gasteiger partial charge is 0.338 e. The van der Waals surface area contributed by atoms with Gasteiger partial charge in [-0.3, -0.25) is 9.59 Å². The van der Waals surface area contributed by atoms with E-state index < -0.39 is 39.2 Å². The number of nitrogens with one attached hydrogen (secondary N) is 2. The first-order valence-electron chi connectivity index (χ1n) is 11.2. The Morgan fingerprint density at radius 1 is 0.846 bits per heavy atom. The molecule has 0 bridgehead atoms. The van der Waals surface area contributed by atoms with Gasteiger partial charge in [-0.05, 0) is 49.2 Å². The lowest BCUT2D eigenvalue weighted by Gasteiger charge is -2.17. The largest absolute Gasteiger partial charge is 0.478 e. The number of carbonyl (C=O) groups excluding carboxylic acids is 2. The molecule has 3 rings (SSSR count). The number of aryl methyl sites for hydroxylation is 1. The number of hydrogen-bond acceptors (Lipinski definition) is 5. The van der Waals surface area contributed by atoms with E-state index in [9.17, 15) is 29.4 Å². The van der Waals surface area contributed by atoms with Crippen LogP contribution in [0, 0.1) is 6.92 Å². The fourth-order valence-electron chi connectivity index (χ4n) is 3.48. The van der Waals surface area contributed by atoms with Crippen LogP contribution in [0.2, 0.25) is 20.1 Å². The first-order valence-corrected chi connectivity index (χ1v) is 13.6. The second-order valence-electron chi connectivity index (χ2n) is 8.13. The number of carboxylic acids is 2. The molecule has 0 aromatic heterocycles. The molecule has 0 heterocycles. The number of carboxylic acid groups (broad SMARTS) is 2. The lowest BCUT2D eigenvalue weighted by molar-refractivity contribution is -0.115. The third kappa shape index (κ3) is 6.98. The average Bonchev–Trinajstić information content (AvgIpc) is 2.88. The van der Waals surface area contributed by atoms with Gasteiger partial charge in [-0.1, -0.05) is 65.5 Å². The summed E-state index contributed by atoms with van der Waals surface area (Å²) in [6, 6.07) is 11.0. The van der Waals surface area contributed by atoms with Gasteiger partial charge in [-0.2, -0.15) is 0 Å². The van der Waals surface area contributed by atoms with Gasteiger partial charge < -0.3 is 20.8 Å². The van der Waals surface area contributed by atoms with Crippen molar-refractivity contribution in [1.29, 1.82) is 0 Å². The topological polar surface area (TPSA) is 133 Å². The number of carbonyl (C=O) groups is 4. The standard InChI is InChI=1S/C26H20Cl4N2O6S/c1-3-16(23(33)32-15-9-12(25(35)36)8-7-11(15)2)39-14-6-4-5-13(10-14)31-24(34)17-18(26(37)38)20(28)22(30)21(29)19(17)27/h4-10,16H,3H2,1-2H3,(H,31,34)(H,32,33)(H,35,36)(H,37,38). The van der Waals surface area contributed by atoms with E-state index in [4.69, 9.17) is 46.4 Å². The van der Waals surface area contributed by atoms with Crippen molar-refractivity contribution in [2.75, 3.05) is 10.6 Å². The molecule has 0 aliphatic heterocycles. The molecule has 2 amide bonds. The lowest BCUT2D eigenvalue weighted by Crippen LogP contribution is -2.25. The third-order valence-corrected chi connectivity index (χ3v) is 8.64. The quantitative estimate of drug-likeness (QED) is 0.108. The van der Waals surface area contributed by atoms with Crippen molar-refractivity contribution in [3.63, 3.8) is 0 Å². The van der Waals surface area contributed by atoms with Crippen LogP contribution in [0.1, 0.15) is 50.0 Å². The molecule has 1 atom stereocenters. The van der Waals surface area contributed by atoms with Crippen LogP contribution in [-0.2, 0) is 4.79 Å². The second kappa shape index (κ2) is 12.9. The Kier molecular flexibility index (Phi) is 10.1. The van der Waals surface area contributed by atoms with Crippen molar-refractivity contribution < 1.29 is 29.4 Å². The van der Waals surface area contributed by atoms with Gasteiger partial charge in [0.2, 0.25) is 5.91 Å². The molecular formula is C26H20Cl4N2O6S. The summed E-state index contributed by atoms with van der Waals surface area (Å²) in [4.78, 5) is 49.8. The number of benzene rings is 3. The molecule has 0 spiro atoms. The number of thioether (sulfide) groups is 1. The van der Waals surface area contributed by atoms with Crippen LogP contribution in [0.4, 0.5) is 11.4 Å². The van der Waals surface area contributed by atoms with Crippen LogP contribution < -0.4 is 10.6 Å². The zero-order chi connectivity index (χ0) is 29.0. The Morgan fingerprint density at radius 3 is 2.08 bits per heavy atom. The highest BCUT2D eigenvalue weighted by molar-refractivity contribution is 8.00. The molecule has 3 aromatic carbocycles. The second-order valence-corrected chi connectivity index (χ2v) is 10.9. The van der Waals surface area contributed by atoms with Crippen LogP contribution in [0.15, 0.2) is 47.4 Å². The molecule has 0 fully saturated rings. The summed E-state index contributed by atoms with van der Waals surface area (Å²) in [7, 11) is 0. The predicted molar refractivity (Wildman–Crippen MR) is 155 cm³/mol. The highest BCUT2D eigenvalue weighted by Gasteiger charge is 2.29. The van der Waals surface area contributed by atoms with Gasteiger partial charge in [-0.25, -0.2) is 9.59 Å². The van der Waals surface area contributed by atoms with E-state index in [1.54, 1.807) is 37.3 Å². The minimum atomic E-state index is -1.52. The molecule has 3 aromatic rings. The number of amides is 2. The lowest BCUT2D eigenvalue weighted by atomic mass is 10.1. The maximum absolute atomic E-state index is 13.1. The van der Waals surface area contributed by atoms with E-state index in [-0.39, 0.29) is 26.5 Å². The Labute approximate surface area is 247 Å². The van der Waals surface area contributed by atoms with Crippen molar-refractivity contribution >= 4 is 93.3 Å². The molecule has 1 unspecified atom stereocenters. The summed E-state index contributed by atoms with van der Waals surface area (Å²) >= 11 is 25.4. The van der Waals surface area contributed by atoms with Crippen LogP contribution >= 0.6 is 58.2 Å². The minimum absolute atomic E-state index is 0.0504. The molecule has 0 saturated carbocycles. The molecule has 8 nitrogen and oxygen atoms in total. The fraction of sp³-hybridized carbons (Fsp3) is 0.154. The summed E-state index contributed by atoms with van der Waals surface area (Å²) < 4.78 is 0. The van der Waals surface area contributed by atoms with Crippen LogP contribution in [0.5, 0.6) is 0 Å². The highest BCUT2D eigenvalue weighted by atomic mass is 35.5. The van der Waals surface area contributed by atoms with Gasteiger partial charge in [0, 0.05) is 16.3 Å². The van der Waals surface area contributed by atoms with Crippen molar-refractivity contribution in [1.82, 2.24) is 0 Å². The van der Waals surface area contributed by atoms with Gasteiger partial charge >= 0.3 is 11.9 Å². The fourth-order valence-corrected chi connectivity index (χ4v) is 5.51. The third-order valence-electron chi connectivity index (χ3n) is 5.48. The van der Waals surface area contributed by atoms with Crippen molar-refractivity contribution in [3.05, 3.63) is 84.8 Å². The highest BCUT2D eigenvalue weighted by Crippen LogP contribution is 2.42. The summed E-state index contributed by atoms with van der Waals surface area (Å²) in [5, 5.41) is 22.3. The molecule has 13 heteroatoms. The molecule has 4 N–H and O–H groups in total. The van der Waals surface area contributed by atoms with Gasteiger partial charge in [-0.15, -0.1) is 11.8 Å². The Morgan fingerprint density at radius 2 is 1.49 bits per heavy atom. The Bertz CT molecular complexity index is 1500. The van der Waals surface area contributed by atoms with Crippen molar-refractivity contribution in [3.8, 4) is 0 Å². The molecule has 0 radical (unpaired) electrons. The molecule has 204 valence electrons. The number of anilines is 2. The maximum atomic E-state index is 13.1. The normalized spacial score (nSPS) is 11.5. The van der Waals surface area contributed by atoms with Crippen LogP contribution in [-0.4, -0.2) is 39.2 Å². The number of rotatable bonds is 9. The van der Waals surface area contributed by atoms with Gasteiger partial charge in [0.1, 0.15) is 0 Å². The summed E-state index contributed by atoms with van der Waals surface area (Å²) in [6.45, 7) is 3.58. The van der Waals surface area contributed by atoms with Gasteiger partial charge in [0.05, 0.1) is 42.0 Å². The number of aromatic carboxylic acids is 2. The molecule has 39 heavy (non-hydrogen) atoms. The molecule has 0 aliphatic carbocycles. The van der Waals surface area contributed by atoms with Gasteiger partial charge in [0.25, 0.3) is 5.91 Å². The zero-order valence-electron chi connectivity index (χ0n) is 20.3. The van der Waals surface area contributed by atoms with E-state index in [0.717, 1.165) is 0 Å². The minimum Gasteiger partial charge on any atom is -0.478 e. The van der Waals surface area contributed by atoms with Gasteiger partial charge in [0.15, 0.2) is 0 Å². The summed E-state index contributed by atoms with van der Waals surface area (Å²) in [6.07, 6.45) is 0.449. The summed E-state index contributed by atoms with van der Waals surface area (Å²) in [5.74, 6) is -3.83. The van der Waals surface area contributed by atoms with E-state index in [2.05, 4.69) is 10.6 Å². The predicted octanol–water partition coefficient (Wildman–Crippen LogP) is 7.77. The van der Waals surface area contributed by atoms with Crippen LogP contribution in [0.25, 0.3) is 0 Å². The first-order chi connectivity index (χ1) is 18.3. The van der Waals surface area contributed by atoms with E-state index >= 15 is 0 Å². The first kappa shape index (κ1) is 30.6. The molecule has 0 aliphatic rings. The number of hydrogen-bond donors (Lipinski definition) is 4.